The van der Waals surface area contributed by atoms with Crippen LogP contribution in [0, 0.1) is 0 Å². The Morgan fingerprint density at radius 3 is 1.68 bits per heavy atom. The molecule has 0 fully saturated rings. The lowest BCUT2D eigenvalue weighted by atomic mass is 9.79. The van der Waals surface area contributed by atoms with Crippen molar-refractivity contribution in [3.05, 3.63) is 78.9 Å². The van der Waals surface area contributed by atoms with Gasteiger partial charge in [0.25, 0.3) is 0 Å². The van der Waals surface area contributed by atoms with Crippen molar-refractivity contribution < 1.29 is 14.5 Å². The standard InChI is InChI=1S/C24H15BO3/c26-25(27)21-11-5-10-19-20-13-12-18-16-8-2-1-6-14(16)15-7-3-4-9-17(15)22(18)24(20)28-23(19)21/h1-13,26-27H. The van der Waals surface area contributed by atoms with E-state index in [4.69, 9.17) is 4.42 Å². The van der Waals surface area contributed by atoms with E-state index >= 15 is 0 Å². The summed E-state index contributed by atoms with van der Waals surface area (Å²) in [6.45, 7) is 0. The van der Waals surface area contributed by atoms with Gasteiger partial charge in [0.1, 0.15) is 11.2 Å². The minimum atomic E-state index is -1.58. The molecule has 4 heteroatoms. The average molecular weight is 362 g/mol. The smallest absolute Gasteiger partial charge is 0.456 e. The number of hydrogen-bond acceptors (Lipinski definition) is 3. The second-order valence-corrected chi connectivity index (χ2v) is 7.16. The normalized spacial score (nSPS) is 11.9. The summed E-state index contributed by atoms with van der Waals surface area (Å²) < 4.78 is 6.30. The van der Waals surface area contributed by atoms with Gasteiger partial charge in [-0.05, 0) is 33.0 Å². The molecule has 0 saturated carbocycles. The van der Waals surface area contributed by atoms with Crippen molar-refractivity contribution >= 4 is 66.8 Å². The van der Waals surface area contributed by atoms with Crippen molar-refractivity contribution in [1.29, 1.82) is 0 Å². The summed E-state index contributed by atoms with van der Waals surface area (Å²) >= 11 is 0. The number of hydrogen-bond donors (Lipinski definition) is 2. The van der Waals surface area contributed by atoms with Gasteiger partial charge in [0, 0.05) is 21.6 Å². The van der Waals surface area contributed by atoms with E-state index < -0.39 is 7.12 Å². The summed E-state index contributed by atoms with van der Waals surface area (Å²) in [4.78, 5) is 0. The highest BCUT2D eigenvalue weighted by molar-refractivity contribution is 6.62. The van der Waals surface area contributed by atoms with Gasteiger partial charge in [-0.3, -0.25) is 0 Å². The molecule has 0 spiro atoms. The first-order chi connectivity index (χ1) is 13.7. The van der Waals surface area contributed by atoms with Gasteiger partial charge < -0.3 is 14.5 Å². The predicted molar refractivity (Wildman–Crippen MR) is 116 cm³/mol. The van der Waals surface area contributed by atoms with Crippen LogP contribution in [0.25, 0.3) is 54.3 Å². The van der Waals surface area contributed by atoms with Crippen LogP contribution in [0.15, 0.2) is 83.3 Å². The molecule has 6 aromatic rings. The molecule has 0 bridgehead atoms. The first-order valence-electron chi connectivity index (χ1n) is 9.27. The molecule has 0 aliphatic heterocycles. The van der Waals surface area contributed by atoms with E-state index in [1.807, 2.05) is 18.2 Å². The molecule has 3 nitrogen and oxygen atoms in total. The molecular formula is C24H15BO3. The second-order valence-electron chi connectivity index (χ2n) is 7.16. The summed E-state index contributed by atoms with van der Waals surface area (Å²) in [6, 6.07) is 26.5. The van der Waals surface area contributed by atoms with Crippen molar-refractivity contribution in [2.24, 2.45) is 0 Å². The van der Waals surface area contributed by atoms with E-state index in [9.17, 15) is 10.0 Å². The topological polar surface area (TPSA) is 53.6 Å². The summed E-state index contributed by atoms with van der Waals surface area (Å²) in [5.74, 6) is 0. The molecule has 28 heavy (non-hydrogen) atoms. The van der Waals surface area contributed by atoms with Crippen LogP contribution in [0.1, 0.15) is 0 Å². The largest absolute Gasteiger partial charge is 0.492 e. The van der Waals surface area contributed by atoms with Gasteiger partial charge in [-0.2, -0.15) is 0 Å². The van der Waals surface area contributed by atoms with E-state index in [1.165, 1.54) is 16.2 Å². The van der Waals surface area contributed by atoms with Crippen molar-refractivity contribution in [3.63, 3.8) is 0 Å². The molecule has 0 amide bonds. The van der Waals surface area contributed by atoms with Crippen LogP contribution < -0.4 is 5.46 Å². The number of rotatable bonds is 1. The maximum Gasteiger partial charge on any atom is 0.492 e. The molecule has 2 N–H and O–H groups in total. The monoisotopic (exact) mass is 362 g/mol. The fraction of sp³-hybridized carbons (Fsp3) is 0. The molecule has 0 saturated heterocycles. The van der Waals surface area contributed by atoms with Gasteiger partial charge in [-0.25, -0.2) is 0 Å². The Morgan fingerprint density at radius 1 is 0.500 bits per heavy atom. The highest BCUT2D eigenvalue weighted by atomic mass is 16.4. The van der Waals surface area contributed by atoms with Gasteiger partial charge in [0.2, 0.25) is 0 Å². The van der Waals surface area contributed by atoms with E-state index in [2.05, 4.69) is 54.6 Å². The van der Waals surface area contributed by atoms with Crippen LogP contribution >= 0.6 is 0 Å². The quantitative estimate of drug-likeness (QED) is 0.329. The Bertz CT molecular complexity index is 1510. The van der Waals surface area contributed by atoms with Crippen LogP contribution in [-0.4, -0.2) is 17.2 Å². The fourth-order valence-electron chi connectivity index (χ4n) is 4.47. The molecule has 5 aromatic carbocycles. The zero-order chi connectivity index (χ0) is 18.8. The van der Waals surface area contributed by atoms with Crippen LogP contribution in [0.5, 0.6) is 0 Å². The molecule has 132 valence electrons. The third-order valence-corrected chi connectivity index (χ3v) is 5.68. The molecule has 6 rings (SSSR count). The van der Waals surface area contributed by atoms with E-state index in [1.54, 1.807) is 6.07 Å². The predicted octanol–water partition coefficient (Wildman–Crippen LogP) is 4.73. The molecule has 0 radical (unpaired) electrons. The lowest BCUT2D eigenvalue weighted by Crippen LogP contribution is -2.29. The van der Waals surface area contributed by atoms with E-state index in [-0.39, 0.29) is 0 Å². The first kappa shape index (κ1) is 15.7. The zero-order valence-electron chi connectivity index (χ0n) is 14.9. The van der Waals surface area contributed by atoms with Crippen molar-refractivity contribution in [2.75, 3.05) is 0 Å². The zero-order valence-corrected chi connectivity index (χ0v) is 14.9. The Balaban J connectivity index is 1.94. The van der Waals surface area contributed by atoms with Gasteiger partial charge in [-0.15, -0.1) is 0 Å². The molecule has 1 heterocycles. The Kier molecular flexibility index (Phi) is 3.13. The third kappa shape index (κ3) is 1.96. The Labute approximate surface area is 160 Å². The van der Waals surface area contributed by atoms with Crippen LogP contribution in [0.3, 0.4) is 0 Å². The molecule has 0 aliphatic rings. The Morgan fingerprint density at radius 2 is 1.00 bits per heavy atom. The Hall–Kier alpha value is -3.34. The molecular weight excluding hydrogens is 347 g/mol. The van der Waals surface area contributed by atoms with Gasteiger partial charge in [0.15, 0.2) is 0 Å². The summed E-state index contributed by atoms with van der Waals surface area (Å²) in [7, 11) is -1.58. The summed E-state index contributed by atoms with van der Waals surface area (Å²) in [5, 5.41) is 28.3. The summed E-state index contributed by atoms with van der Waals surface area (Å²) in [6.07, 6.45) is 0. The summed E-state index contributed by atoms with van der Waals surface area (Å²) in [5.41, 5.74) is 1.69. The number of benzene rings is 5. The van der Waals surface area contributed by atoms with Gasteiger partial charge >= 0.3 is 7.12 Å². The first-order valence-corrected chi connectivity index (χ1v) is 9.27. The van der Waals surface area contributed by atoms with E-state index in [0.717, 1.165) is 32.5 Å². The van der Waals surface area contributed by atoms with Crippen molar-refractivity contribution in [2.45, 2.75) is 0 Å². The van der Waals surface area contributed by atoms with Crippen LogP contribution in [0.2, 0.25) is 0 Å². The average Bonchev–Trinajstić information content (AvgIpc) is 3.12. The molecule has 0 aliphatic carbocycles. The van der Waals surface area contributed by atoms with Crippen LogP contribution in [-0.2, 0) is 0 Å². The third-order valence-electron chi connectivity index (χ3n) is 5.68. The number of furan rings is 1. The van der Waals surface area contributed by atoms with Gasteiger partial charge in [-0.1, -0.05) is 72.8 Å². The molecule has 0 unspecified atom stereocenters. The maximum atomic E-state index is 9.77. The number of para-hydroxylation sites is 1. The highest BCUT2D eigenvalue weighted by Crippen LogP contribution is 2.41. The highest BCUT2D eigenvalue weighted by Gasteiger charge is 2.21. The minimum absolute atomic E-state index is 0.381. The van der Waals surface area contributed by atoms with E-state index in [0.29, 0.717) is 11.0 Å². The SMILES string of the molecule is OB(O)c1cccc2c1oc1c2ccc2c3ccccc3c3ccccc3c21. The van der Waals surface area contributed by atoms with Crippen LogP contribution in [0.4, 0.5) is 0 Å². The maximum absolute atomic E-state index is 9.77. The second kappa shape index (κ2) is 5.58. The minimum Gasteiger partial charge on any atom is -0.456 e. The number of fused-ring (bicyclic) bond motifs is 10. The molecule has 1 aromatic heterocycles. The lowest BCUT2D eigenvalue weighted by Gasteiger charge is -2.10. The van der Waals surface area contributed by atoms with Crippen molar-refractivity contribution in [1.82, 2.24) is 0 Å². The van der Waals surface area contributed by atoms with Gasteiger partial charge in [0.05, 0.1) is 0 Å². The lowest BCUT2D eigenvalue weighted by molar-refractivity contribution is 0.425. The fourth-order valence-corrected chi connectivity index (χ4v) is 4.47. The molecule has 0 atom stereocenters. The van der Waals surface area contributed by atoms with Crippen molar-refractivity contribution in [3.8, 4) is 0 Å².